The van der Waals surface area contributed by atoms with Crippen LogP contribution >= 0.6 is 0 Å². The minimum absolute atomic E-state index is 0.284. The monoisotopic (exact) mass is 253 g/mol. The maximum atomic E-state index is 10.4. The predicted molar refractivity (Wildman–Crippen MR) is 62.8 cm³/mol. The smallest absolute Gasteiger partial charge is 0.329 e. The first kappa shape index (κ1) is 12.6. The van der Waals surface area contributed by atoms with Gasteiger partial charge in [0.15, 0.2) is 5.82 Å². The van der Waals surface area contributed by atoms with Gasteiger partial charge in [0.2, 0.25) is 5.88 Å². The van der Waals surface area contributed by atoms with Crippen LogP contribution in [0.3, 0.4) is 0 Å². The van der Waals surface area contributed by atoms with Gasteiger partial charge in [0.25, 0.3) is 0 Å². The molecular weight excluding hydrogens is 238 g/mol. The molecule has 1 aromatic heterocycles. The van der Waals surface area contributed by atoms with Crippen molar-refractivity contribution in [2.75, 3.05) is 31.7 Å². The highest BCUT2D eigenvalue weighted by atomic mass is 16.5. The van der Waals surface area contributed by atoms with Gasteiger partial charge in [0.1, 0.15) is 12.2 Å². The molecule has 98 valence electrons. The number of carboxylic acids is 1. The van der Waals surface area contributed by atoms with Crippen molar-refractivity contribution in [2.45, 2.75) is 12.5 Å². The largest absolute Gasteiger partial charge is 0.480 e. The zero-order chi connectivity index (χ0) is 13.2. The highest BCUT2D eigenvalue weighted by Gasteiger charge is 2.41. The molecule has 0 saturated carbocycles. The molecule has 1 aliphatic heterocycles. The van der Waals surface area contributed by atoms with Crippen LogP contribution in [0, 0.1) is 0 Å². The maximum absolute atomic E-state index is 10.4. The van der Waals surface area contributed by atoms with Crippen molar-refractivity contribution in [3.05, 3.63) is 12.4 Å². The fourth-order valence-electron chi connectivity index (χ4n) is 1.84. The van der Waals surface area contributed by atoms with E-state index in [1.54, 1.807) is 6.20 Å². The van der Waals surface area contributed by atoms with Gasteiger partial charge in [-0.1, -0.05) is 0 Å². The molecule has 0 aliphatic carbocycles. The molecule has 1 aromatic rings. The van der Waals surface area contributed by atoms with Crippen LogP contribution in [0.4, 0.5) is 5.82 Å². The summed E-state index contributed by atoms with van der Waals surface area (Å²) in [5.41, 5.74) is -0.441. The second-order valence-corrected chi connectivity index (χ2v) is 4.41. The number of anilines is 1. The van der Waals surface area contributed by atoms with Crippen LogP contribution in [0.15, 0.2) is 12.4 Å². The summed E-state index contributed by atoms with van der Waals surface area (Å²) >= 11 is 0. The van der Waals surface area contributed by atoms with E-state index < -0.39 is 11.6 Å². The third-order valence-electron chi connectivity index (χ3n) is 2.73. The summed E-state index contributed by atoms with van der Waals surface area (Å²) < 4.78 is 10.3. The lowest BCUT2D eigenvalue weighted by molar-refractivity contribution is -0.150. The molecule has 0 amide bonds. The molecule has 1 fully saturated rings. The highest BCUT2D eigenvalue weighted by Crippen LogP contribution is 2.29. The first-order chi connectivity index (χ1) is 8.52. The zero-order valence-corrected chi connectivity index (χ0v) is 10.3. The molecule has 7 heteroatoms. The maximum Gasteiger partial charge on any atom is 0.329 e. The van der Waals surface area contributed by atoms with Crippen LogP contribution < -0.4 is 9.64 Å². The predicted octanol–water partition coefficient (Wildman–Crippen LogP) is 0.165. The Morgan fingerprint density at radius 2 is 2.28 bits per heavy atom. The summed E-state index contributed by atoms with van der Waals surface area (Å²) in [6.45, 7) is 2.76. The van der Waals surface area contributed by atoms with Crippen LogP contribution in [0.25, 0.3) is 0 Å². The third-order valence-corrected chi connectivity index (χ3v) is 2.73. The summed E-state index contributed by atoms with van der Waals surface area (Å²) in [5.74, 6) is 0.189. The second-order valence-electron chi connectivity index (χ2n) is 4.41. The Morgan fingerprint density at radius 3 is 2.89 bits per heavy atom. The van der Waals surface area contributed by atoms with Crippen LogP contribution in [0.2, 0.25) is 0 Å². The van der Waals surface area contributed by atoms with Crippen molar-refractivity contribution in [1.29, 1.82) is 0 Å². The Morgan fingerprint density at radius 1 is 1.56 bits per heavy atom. The van der Waals surface area contributed by atoms with Crippen molar-refractivity contribution in [2.24, 2.45) is 0 Å². The zero-order valence-electron chi connectivity index (χ0n) is 10.3. The fraction of sp³-hybridized carbons (Fsp3) is 0.545. The van der Waals surface area contributed by atoms with Crippen molar-refractivity contribution in [1.82, 2.24) is 9.97 Å². The van der Waals surface area contributed by atoms with E-state index in [-0.39, 0.29) is 6.61 Å². The van der Waals surface area contributed by atoms with Gasteiger partial charge >= 0.3 is 5.97 Å². The average molecular weight is 253 g/mol. The van der Waals surface area contributed by atoms with E-state index in [4.69, 9.17) is 14.6 Å². The third kappa shape index (κ3) is 2.67. The van der Waals surface area contributed by atoms with Gasteiger partial charge in [-0.05, 0) is 6.92 Å². The number of hydrogen-bond acceptors (Lipinski definition) is 6. The molecule has 0 spiro atoms. The van der Waals surface area contributed by atoms with Crippen molar-refractivity contribution < 1.29 is 19.4 Å². The first-order valence-corrected chi connectivity index (χ1v) is 5.49. The number of rotatable bonds is 5. The van der Waals surface area contributed by atoms with E-state index in [2.05, 4.69) is 9.97 Å². The molecule has 0 bridgehead atoms. The Balaban J connectivity index is 1.93. The standard InChI is InChI=1S/C11H15N3O4/c1-11(18-5-10(15)16)6-14(7-11)8-3-12-4-9(13-8)17-2/h3-4H,5-7H2,1-2H3,(H,15,16). The number of hydrogen-bond donors (Lipinski definition) is 1. The molecule has 1 aliphatic rings. The number of methoxy groups -OCH3 is 1. The molecule has 0 aromatic carbocycles. The van der Waals surface area contributed by atoms with E-state index in [0.717, 1.165) is 0 Å². The van der Waals surface area contributed by atoms with Crippen molar-refractivity contribution in [3.63, 3.8) is 0 Å². The topological polar surface area (TPSA) is 84.8 Å². The molecule has 1 N–H and O–H groups in total. The Hall–Kier alpha value is -1.89. The van der Waals surface area contributed by atoms with E-state index in [1.807, 2.05) is 11.8 Å². The van der Waals surface area contributed by atoms with Gasteiger partial charge in [-0.3, -0.25) is 4.98 Å². The lowest BCUT2D eigenvalue weighted by atomic mass is 9.96. The molecular formula is C11H15N3O4. The van der Waals surface area contributed by atoms with Gasteiger partial charge in [0, 0.05) is 0 Å². The normalized spacial score (nSPS) is 17.1. The summed E-state index contributed by atoms with van der Waals surface area (Å²) in [4.78, 5) is 20.7. The lowest BCUT2D eigenvalue weighted by Gasteiger charge is -2.47. The SMILES string of the molecule is COc1cncc(N2CC(C)(OCC(=O)O)C2)n1. The lowest BCUT2D eigenvalue weighted by Crippen LogP contribution is -2.62. The molecule has 0 radical (unpaired) electrons. The molecule has 0 atom stereocenters. The first-order valence-electron chi connectivity index (χ1n) is 5.49. The molecule has 18 heavy (non-hydrogen) atoms. The molecule has 2 rings (SSSR count). The number of nitrogens with zero attached hydrogens (tertiary/aromatic N) is 3. The minimum atomic E-state index is -0.962. The average Bonchev–Trinajstić information content (AvgIpc) is 2.33. The number of aromatic nitrogens is 2. The Bertz CT molecular complexity index is 446. The van der Waals surface area contributed by atoms with Crippen LogP contribution in [0.5, 0.6) is 5.88 Å². The van der Waals surface area contributed by atoms with Gasteiger partial charge in [-0.25, -0.2) is 4.79 Å². The summed E-state index contributed by atoms with van der Waals surface area (Å²) in [6, 6.07) is 0. The van der Waals surface area contributed by atoms with Gasteiger partial charge in [0.05, 0.1) is 32.6 Å². The van der Waals surface area contributed by atoms with Crippen LogP contribution in [0.1, 0.15) is 6.92 Å². The number of ether oxygens (including phenoxy) is 2. The van der Waals surface area contributed by atoms with E-state index in [0.29, 0.717) is 24.8 Å². The van der Waals surface area contributed by atoms with Gasteiger partial charge < -0.3 is 19.5 Å². The number of carbonyl (C=O) groups is 1. The molecule has 0 unspecified atom stereocenters. The molecule has 1 saturated heterocycles. The van der Waals surface area contributed by atoms with Crippen molar-refractivity contribution >= 4 is 11.8 Å². The number of carboxylic acid groups (broad SMARTS) is 1. The quantitative estimate of drug-likeness (QED) is 0.800. The second kappa shape index (κ2) is 4.77. The fourth-order valence-corrected chi connectivity index (χ4v) is 1.84. The van der Waals surface area contributed by atoms with Gasteiger partial charge in [-0.2, -0.15) is 4.98 Å². The number of aliphatic carboxylic acids is 1. The Kier molecular flexibility index (Phi) is 3.33. The molecule has 7 nitrogen and oxygen atoms in total. The van der Waals surface area contributed by atoms with E-state index in [1.165, 1.54) is 13.3 Å². The van der Waals surface area contributed by atoms with E-state index >= 15 is 0 Å². The van der Waals surface area contributed by atoms with Crippen LogP contribution in [-0.4, -0.2) is 53.5 Å². The Labute approximate surface area is 104 Å². The summed E-state index contributed by atoms with van der Waals surface area (Å²) in [7, 11) is 1.53. The summed E-state index contributed by atoms with van der Waals surface area (Å²) in [6.07, 6.45) is 3.17. The van der Waals surface area contributed by atoms with Gasteiger partial charge in [-0.15, -0.1) is 0 Å². The highest BCUT2D eigenvalue weighted by molar-refractivity contribution is 5.68. The van der Waals surface area contributed by atoms with Crippen molar-refractivity contribution in [3.8, 4) is 5.88 Å². The van der Waals surface area contributed by atoms with E-state index in [9.17, 15) is 4.79 Å². The van der Waals surface area contributed by atoms with Crippen LogP contribution in [-0.2, 0) is 9.53 Å². The minimum Gasteiger partial charge on any atom is -0.480 e. The molecule has 2 heterocycles. The summed E-state index contributed by atoms with van der Waals surface area (Å²) in [5, 5.41) is 8.57.